The van der Waals surface area contributed by atoms with Crippen LogP contribution < -0.4 is 18.9 Å². The van der Waals surface area contributed by atoms with E-state index >= 15 is 0 Å². The zero-order chi connectivity index (χ0) is 17.8. The van der Waals surface area contributed by atoms with Gasteiger partial charge in [0, 0.05) is 18.0 Å². The third-order valence-corrected chi connectivity index (χ3v) is 4.17. The van der Waals surface area contributed by atoms with Crippen LogP contribution in [-0.2, 0) is 6.42 Å². The van der Waals surface area contributed by atoms with Gasteiger partial charge in [0.1, 0.15) is 0 Å². The van der Waals surface area contributed by atoms with Crippen molar-refractivity contribution >= 4 is 10.8 Å². The van der Waals surface area contributed by atoms with Gasteiger partial charge in [0.15, 0.2) is 23.0 Å². The quantitative estimate of drug-likeness (QED) is 0.683. The molecule has 5 nitrogen and oxygen atoms in total. The van der Waals surface area contributed by atoms with Crippen LogP contribution in [0, 0.1) is 0 Å². The minimum Gasteiger partial charge on any atom is -0.493 e. The molecule has 0 spiro atoms. The molecule has 0 aliphatic carbocycles. The molecule has 0 aliphatic heterocycles. The highest BCUT2D eigenvalue weighted by Crippen LogP contribution is 2.34. The van der Waals surface area contributed by atoms with Crippen molar-refractivity contribution in [3.05, 3.63) is 53.9 Å². The van der Waals surface area contributed by atoms with E-state index in [1.54, 1.807) is 28.4 Å². The molecule has 1 aromatic heterocycles. The highest BCUT2D eigenvalue weighted by atomic mass is 16.5. The van der Waals surface area contributed by atoms with Crippen LogP contribution in [0.25, 0.3) is 10.8 Å². The van der Waals surface area contributed by atoms with Gasteiger partial charge in [0.25, 0.3) is 0 Å². The van der Waals surface area contributed by atoms with Gasteiger partial charge >= 0.3 is 0 Å². The second kappa shape index (κ2) is 7.30. The molecule has 0 bridgehead atoms. The molecule has 25 heavy (non-hydrogen) atoms. The first-order valence-electron chi connectivity index (χ1n) is 7.90. The Morgan fingerprint density at radius 3 is 2.04 bits per heavy atom. The van der Waals surface area contributed by atoms with E-state index in [9.17, 15) is 0 Å². The number of benzene rings is 2. The van der Waals surface area contributed by atoms with E-state index in [1.165, 1.54) is 0 Å². The number of hydrogen-bond donors (Lipinski definition) is 0. The Morgan fingerprint density at radius 1 is 0.720 bits per heavy atom. The Balaban J connectivity index is 2.04. The number of nitrogens with zero attached hydrogens (tertiary/aromatic N) is 1. The molecule has 0 atom stereocenters. The number of rotatable bonds is 6. The van der Waals surface area contributed by atoms with Gasteiger partial charge in [-0.1, -0.05) is 6.07 Å². The summed E-state index contributed by atoms with van der Waals surface area (Å²) in [4.78, 5) is 4.56. The minimum absolute atomic E-state index is 0.674. The molecule has 1 heterocycles. The first-order chi connectivity index (χ1) is 12.2. The molecule has 0 amide bonds. The van der Waals surface area contributed by atoms with Crippen LogP contribution in [0.3, 0.4) is 0 Å². The average molecular weight is 338 g/mol. The van der Waals surface area contributed by atoms with Gasteiger partial charge in [-0.2, -0.15) is 0 Å². The first-order valence-corrected chi connectivity index (χ1v) is 7.90. The second-order valence-corrected chi connectivity index (χ2v) is 5.55. The van der Waals surface area contributed by atoms with Crippen molar-refractivity contribution < 1.29 is 18.9 Å². The van der Waals surface area contributed by atoms with Crippen molar-refractivity contribution in [2.24, 2.45) is 0 Å². The van der Waals surface area contributed by atoms with Gasteiger partial charge in [-0.3, -0.25) is 4.98 Å². The summed E-state index contributed by atoms with van der Waals surface area (Å²) in [6.07, 6.45) is 2.48. The van der Waals surface area contributed by atoms with Crippen molar-refractivity contribution in [1.29, 1.82) is 0 Å². The molecule has 0 unspecified atom stereocenters. The number of ether oxygens (including phenoxy) is 4. The molecule has 3 aromatic rings. The maximum atomic E-state index is 5.43. The van der Waals surface area contributed by atoms with Crippen LogP contribution in [0.2, 0.25) is 0 Å². The summed E-state index contributed by atoms with van der Waals surface area (Å²) in [5, 5.41) is 2.10. The SMILES string of the molecule is COc1cc2ccnc(Cc3ccc(OC)c(O[11CH3])c3)c2cc1OC. The zero-order valence-electron chi connectivity index (χ0n) is 14.8. The van der Waals surface area contributed by atoms with Crippen LogP contribution in [0.4, 0.5) is 0 Å². The van der Waals surface area contributed by atoms with Crippen molar-refractivity contribution in [1.82, 2.24) is 4.98 Å². The molecule has 130 valence electrons. The Hall–Kier alpha value is -2.95. The highest BCUT2D eigenvalue weighted by Gasteiger charge is 2.11. The number of aromatic nitrogens is 1. The molecule has 3 rings (SSSR count). The molecule has 0 radical (unpaired) electrons. The molecule has 0 N–H and O–H groups in total. The van der Waals surface area contributed by atoms with E-state index in [4.69, 9.17) is 18.9 Å². The molecule has 5 heteroatoms. The molecule has 0 aliphatic rings. The lowest BCUT2D eigenvalue weighted by Crippen LogP contribution is -1.97. The Kier molecular flexibility index (Phi) is 4.93. The summed E-state index contributed by atoms with van der Waals surface area (Å²) in [5.41, 5.74) is 2.05. The van der Waals surface area contributed by atoms with Crippen molar-refractivity contribution in [3.63, 3.8) is 0 Å². The minimum atomic E-state index is 0.674. The smallest absolute Gasteiger partial charge is 0.161 e. The third-order valence-electron chi connectivity index (χ3n) is 4.17. The van der Waals surface area contributed by atoms with Crippen LogP contribution in [0.5, 0.6) is 23.0 Å². The Bertz CT molecular complexity index is 892. The lowest BCUT2D eigenvalue weighted by atomic mass is 10.0. The monoisotopic (exact) mass is 338 g/mol. The van der Waals surface area contributed by atoms with E-state index < -0.39 is 0 Å². The number of hydrogen-bond acceptors (Lipinski definition) is 5. The summed E-state index contributed by atoms with van der Waals surface area (Å²) in [5.74, 6) is 2.82. The van der Waals surface area contributed by atoms with Gasteiger partial charge in [-0.25, -0.2) is 0 Å². The molecule has 0 fully saturated rings. The maximum absolute atomic E-state index is 5.43. The van der Waals surface area contributed by atoms with Gasteiger partial charge in [0.2, 0.25) is 0 Å². The number of fused-ring (bicyclic) bond motifs is 1. The summed E-state index contributed by atoms with van der Waals surface area (Å²) in [6, 6.07) is 11.8. The van der Waals surface area contributed by atoms with Gasteiger partial charge in [0.05, 0.1) is 34.1 Å². The Labute approximate surface area is 147 Å². The largest absolute Gasteiger partial charge is 0.493 e. The maximum Gasteiger partial charge on any atom is 0.161 e. The molecular weight excluding hydrogens is 317 g/mol. The standard InChI is InChI=1S/C20H21NO4/c1-22-17-6-5-13(10-18(17)23-2)9-16-15-12-20(25-4)19(24-3)11-14(15)7-8-21-16/h5-8,10-12H,9H2,1-4H3/i2-1. The second-order valence-electron chi connectivity index (χ2n) is 5.55. The summed E-state index contributed by atoms with van der Waals surface area (Å²) in [7, 11) is 6.53. The van der Waals surface area contributed by atoms with Gasteiger partial charge < -0.3 is 18.9 Å². The van der Waals surface area contributed by atoms with Gasteiger partial charge in [-0.05, 0) is 41.3 Å². The van der Waals surface area contributed by atoms with Crippen LogP contribution >= 0.6 is 0 Å². The molecule has 0 saturated carbocycles. The summed E-state index contributed by atoms with van der Waals surface area (Å²) < 4.78 is 21.5. The van der Waals surface area contributed by atoms with Crippen molar-refractivity contribution in [2.45, 2.75) is 6.42 Å². The molecule has 0 saturated heterocycles. The predicted molar refractivity (Wildman–Crippen MR) is 97.2 cm³/mol. The fraction of sp³-hybridized carbons (Fsp3) is 0.250. The lowest BCUT2D eigenvalue weighted by molar-refractivity contribution is 0.354. The number of pyridine rings is 1. The van der Waals surface area contributed by atoms with Crippen molar-refractivity contribution in [3.8, 4) is 23.0 Å². The fourth-order valence-electron chi connectivity index (χ4n) is 2.88. The first kappa shape index (κ1) is 16.9. The topological polar surface area (TPSA) is 49.8 Å². The Morgan fingerprint density at radius 2 is 1.36 bits per heavy atom. The molecule has 2 aromatic carbocycles. The number of methoxy groups -OCH3 is 4. The summed E-state index contributed by atoms with van der Waals surface area (Å²) in [6.45, 7) is 0. The van der Waals surface area contributed by atoms with E-state index in [-0.39, 0.29) is 0 Å². The van der Waals surface area contributed by atoms with E-state index in [1.807, 2.05) is 42.6 Å². The van der Waals surface area contributed by atoms with Crippen molar-refractivity contribution in [2.75, 3.05) is 28.4 Å². The van der Waals surface area contributed by atoms with Crippen LogP contribution in [0.1, 0.15) is 11.3 Å². The van der Waals surface area contributed by atoms with Crippen LogP contribution in [0.15, 0.2) is 42.6 Å². The van der Waals surface area contributed by atoms with Crippen LogP contribution in [-0.4, -0.2) is 33.4 Å². The predicted octanol–water partition coefficient (Wildman–Crippen LogP) is 3.86. The molecular formula is C20H21NO4. The fourth-order valence-corrected chi connectivity index (χ4v) is 2.88. The average Bonchev–Trinajstić information content (AvgIpc) is 2.66. The van der Waals surface area contributed by atoms with E-state index in [0.717, 1.165) is 22.0 Å². The normalized spacial score (nSPS) is 10.6. The van der Waals surface area contributed by atoms with E-state index in [2.05, 4.69) is 4.98 Å². The summed E-state index contributed by atoms with van der Waals surface area (Å²) >= 11 is 0. The van der Waals surface area contributed by atoms with Gasteiger partial charge in [-0.15, -0.1) is 0 Å². The zero-order valence-corrected chi connectivity index (χ0v) is 14.8. The highest BCUT2D eigenvalue weighted by molar-refractivity contribution is 5.88. The van der Waals surface area contributed by atoms with E-state index in [0.29, 0.717) is 29.4 Å². The lowest BCUT2D eigenvalue weighted by Gasteiger charge is -2.12. The third kappa shape index (κ3) is 3.31.